The number of hydrogen-bond donors (Lipinski definition) is 1. The van der Waals surface area contributed by atoms with Crippen molar-refractivity contribution in [3.8, 4) is 28.4 Å². The summed E-state index contributed by atoms with van der Waals surface area (Å²) < 4.78 is 12.4. The number of benzene rings is 13. The summed E-state index contributed by atoms with van der Waals surface area (Å²) in [6.07, 6.45) is 9.51. The van der Waals surface area contributed by atoms with Crippen molar-refractivity contribution < 1.29 is 0 Å². The van der Waals surface area contributed by atoms with Gasteiger partial charge in [0.15, 0.2) is 0 Å². The van der Waals surface area contributed by atoms with Crippen molar-refractivity contribution in [3.05, 3.63) is 328 Å². The molecule has 0 saturated heterocycles. The number of hydrogen-bond acceptors (Lipinski definition) is 0. The van der Waals surface area contributed by atoms with E-state index in [0.29, 0.717) is 0 Å². The highest BCUT2D eigenvalue weighted by Gasteiger charge is 2.30. The molecule has 1 aliphatic rings. The zero-order valence-corrected chi connectivity index (χ0v) is 50.7. The van der Waals surface area contributed by atoms with Crippen LogP contribution in [-0.4, -0.2) is 27.8 Å². The number of aromatic amines is 1. The second-order valence-electron chi connectivity index (χ2n) is 23.9. The molecular formula is C86H60N6. The average molecular weight is 1180 g/mol. The van der Waals surface area contributed by atoms with Gasteiger partial charge in [0.2, 0.25) is 0 Å². The van der Waals surface area contributed by atoms with E-state index in [2.05, 4.69) is 344 Å². The van der Waals surface area contributed by atoms with E-state index in [1.54, 1.807) is 6.08 Å². The van der Waals surface area contributed by atoms with Crippen molar-refractivity contribution in [2.45, 2.75) is 13.3 Å². The predicted molar refractivity (Wildman–Crippen MR) is 392 cm³/mol. The number of nitrogens with one attached hydrogen (secondary N) is 1. The largest absolute Gasteiger partial charge is 0.353 e. The van der Waals surface area contributed by atoms with Gasteiger partial charge >= 0.3 is 0 Å². The van der Waals surface area contributed by atoms with Gasteiger partial charge in [-0.25, -0.2) is 0 Å². The molecule has 19 aromatic rings. The Bertz CT molecular complexity index is 6200. The molecule has 0 fully saturated rings. The number of aromatic nitrogens is 6. The second-order valence-corrected chi connectivity index (χ2v) is 23.9. The van der Waals surface area contributed by atoms with Crippen molar-refractivity contribution in [1.29, 1.82) is 0 Å². The van der Waals surface area contributed by atoms with Gasteiger partial charge in [0.1, 0.15) is 0 Å². The van der Waals surface area contributed by atoms with Gasteiger partial charge in [-0.1, -0.05) is 218 Å². The molecular weight excluding hydrogens is 1120 g/mol. The minimum Gasteiger partial charge on any atom is -0.353 e. The summed E-state index contributed by atoms with van der Waals surface area (Å²) in [5.74, 6) is 0. The molecule has 434 valence electrons. The molecule has 0 radical (unpaired) electrons. The number of nitrogens with zero attached hydrogens (tertiary/aromatic N) is 5. The van der Waals surface area contributed by atoms with Gasteiger partial charge in [0, 0.05) is 98.6 Å². The van der Waals surface area contributed by atoms with Crippen LogP contribution >= 0.6 is 0 Å². The first-order valence-electron chi connectivity index (χ1n) is 31.7. The Hall–Kier alpha value is -12.1. The Labute approximate surface area is 530 Å². The lowest BCUT2D eigenvalue weighted by molar-refractivity contribution is 1.15. The van der Waals surface area contributed by atoms with Crippen molar-refractivity contribution in [2.24, 2.45) is 0 Å². The number of para-hydroxylation sites is 10. The normalized spacial score (nSPS) is 12.4. The molecule has 0 saturated carbocycles. The van der Waals surface area contributed by atoms with Crippen LogP contribution in [0.25, 0.3) is 165 Å². The quantitative estimate of drug-likeness (QED) is 0.161. The van der Waals surface area contributed by atoms with Crippen LogP contribution in [0.15, 0.2) is 322 Å². The summed E-state index contributed by atoms with van der Waals surface area (Å²) in [6.45, 7) is 5.25. The van der Waals surface area contributed by atoms with Crippen molar-refractivity contribution in [2.75, 3.05) is 0 Å². The third kappa shape index (κ3) is 7.80. The summed E-state index contributed by atoms with van der Waals surface area (Å²) in [4.78, 5) is 3.87. The molecule has 0 bridgehead atoms. The first-order chi connectivity index (χ1) is 45.7. The number of fused-ring (bicyclic) bond motifs is 24. The third-order valence-electron chi connectivity index (χ3n) is 18.8. The van der Waals surface area contributed by atoms with Gasteiger partial charge in [0.05, 0.1) is 60.7 Å². The van der Waals surface area contributed by atoms with E-state index >= 15 is 0 Å². The van der Waals surface area contributed by atoms with Crippen LogP contribution in [-0.2, 0) is 0 Å². The molecule has 0 amide bonds. The summed E-state index contributed by atoms with van der Waals surface area (Å²) in [5.41, 5.74) is 22.8. The minimum absolute atomic E-state index is 0.997. The van der Waals surface area contributed by atoms with E-state index in [0.717, 1.165) is 34.7 Å². The number of H-pyrrole nitrogens is 1. The van der Waals surface area contributed by atoms with Crippen molar-refractivity contribution in [3.63, 3.8) is 0 Å². The van der Waals surface area contributed by atoms with Crippen LogP contribution in [0.2, 0.25) is 0 Å². The lowest BCUT2D eigenvalue weighted by atomic mass is 10.0. The SMILES string of the molecule is C1=CC(c2ccc(-n3c4ccccc4c4c5c(c6ccccc6n5-c5ccccc5)c5c6ccccc6n(-c6ccccc6)c5c43)cc2)=CC1.C=CC.c1ccc(-n2c3ccccc3c3c4c5ccccc5n(-c5ccccc5)c4c4c5ccccc5[nH]c4c32)cc1. The molecule has 6 nitrogen and oxygen atoms in total. The van der Waals surface area contributed by atoms with Gasteiger partial charge in [-0.3, -0.25) is 0 Å². The first kappa shape index (κ1) is 53.0. The Morgan fingerprint density at radius 3 is 1.02 bits per heavy atom. The smallest absolute Gasteiger partial charge is 0.0810 e. The zero-order chi connectivity index (χ0) is 61.0. The number of rotatable bonds is 6. The molecule has 6 heterocycles. The molecule has 0 atom stereocenters. The highest BCUT2D eigenvalue weighted by molar-refractivity contribution is 6.42. The van der Waals surface area contributed by atoms with E-state index in [4.69, 9.17) is 0 Å². The summed E-state index contributed by atoms with van der Waals surface area (Å²) in [5, 5.41) is 15.2. The maximum Gasteiger partial charge on any atom is 0.0810 e. The van der Waals surface area contributed by atoms with Crippen molar-refractivity contribution >= 4 is 136 Å². The predicted octanol–water partition coefficient (Wildman–Crippen LogP) is 23.0. The maximum atomic E-state index is 3.87. The summed E-state index contributed by atoms with van der Waals surface area (Å²) in [7, 11) is 0. The molecule has 1 aliphatic carbocycles. The Balaban J connectivity index is 0.000000134. The molecule has 92 heavy (non-hydrogen) atoms. The fourth-order valence-electron chi connectivity index (χ4n) is 15.3. The average Bonchev–Trinajstić information content (AvgIpc) is 1.52. The minimum atomic E-state index is 0.997. The standard InChI is InChI=1S/C47H31N3.C36H23N3.C3H6/c1-3-17-33(18-4-1)48-39-24-12-9-21-36(39)42-43-37-22-10-13-25-40(37)49(34-19-5-2-6-20-34)46(43)47-44(45(42)48)38-23-11-14-26-41(38)50(47)35-29-27-32(28-30-35)31-15-7-8-16-31;1-3-13-23(14-4-1)38-29-21-11-8-18-26(29)31-32-27-19-9-12-22-30(27)39(24-15-5-2-6-16-24)36(32)34-33(35(31)38)25-17-7-10-20-28(25)37-34;1-3-2/h1-7,9-30H,8H2;1-22,37H;3H,1H2,2H3. The van der Waals surface area contributed by atoms with E-state index < -0.39 is 0 Å². The fourth-order valence-corrected chi connectivity index (χ4v) is 15.3. The molecule has 20 rings (SSSR count). The van der Waals surface area contributed by atoms with Crippen LogP contribution in [0.1, 0.15) is 18.9 Å². The molecule has 0 unspecified atom stereocenters. The van der Waals surface area contributed by atoms with Gasteiger partial charge in [-0.15, -0.1) is 6.58 Å². The first-order valence-corrected chi connectivity index (χ1v) is 31.7. The topological polar surface area (TPSA) is 40.4 Å². The highest BCUT2D eigenvalue weighted by Crippen LogP contribution is 2.52. The van der Waals surface area contributed by atoms with Crippen LogP contribution in [0, 0.1) is 0 Å². The zero-order valence-electron chi connectivity index (χ0n) is 50.7. The summed E-state index contributed by atoms with van der Waals surface area (Å²) >= 11 is 0. The van der Waals surface area contributed by atoms with Gasteiger partial charge < -0.3 is 27.8 Å². The monoisotopic (exact) mass is 1180 g/mol. The van der Waals surface area contributed by atoms with Gasteiger partial charge in [-0.05, 0) is 122 Å². The van der Waals surface area contributed by atoms with E-state index in [1.165, 1.54) is 142 Å². The lowest BCUT2D eigenvalue weighted by Crippen LogP contribution is -2.00. The molecule has 0 spiro atoms. The Kier molecular flexibility index (Phi) is 12.3. The van der Waals surface area contributed by atoms with Gasteiger partial charge in [0.25, 0.3) is 0 Å². The van der Waals surface area contributed by atoms with E-state index in [9.17, 15) is 0 Å². The lowest BCUT2D eigenvalue weighted by Gasteiger charge is -2.14. The second kappa shape index (κ2) is 21.3. The molecule has 0 aliphatic heterocycles. The van der Waals surface area contributed by atoms with Crippen molar-refractivity contribution in [1.82, 2.24) is 27.8 Å². The number of allylic oxidation sites excluding steroid dienone is 5. The summed E-state index contributed by atoms with van der Waals surface area (Å²) in [6, 6.07) is 106. The Morgan fingerprint density at radius 2 is 0.609 bits per heavy atom. The van der Waals surface area contributed by atoms with Crippen LogP contribution in [0.3, 0.4) is 0 Å². The van der Waals surface area contributed by atoms with Crippen LogP contribution in [0.5, 0.6) is 0 Å². The highest BCUT2D eigenvalue weighted by atomic mass is 15.1. The third-order valence-corrected chi connectivity index (χ3v) is 18.8. The van der Waals surface area contributed by atoms with E-state index in [-0.39, 0.29) is 0 Å². The Morgan fingerprint density at radius 1 is 0.304 bits per heavy atom. The molecule has 6 heteroatoms. The van der Waals surface area contributed by atoms with Crippen LogP contribution < -0.4 is 0 Å². The molecule has 13 aromatic carbocycles. The van der Waals surface area contributed by atoms with E-state index in [1.807, 2.05) is 6.92 Å². The molecule has 6 aromatic heterocycles. The maximum absolute atomic E-state index is 3.87. The van der Waals surface area contributed by atoms with Gasteiger partial charge in [-0.2, -0.15) is 0 Å². The van der Waals surface area contributed by atoms with Crippen LogP contribution in [0.4, 0.5) is 0 Å². The fraction of sp³-hybridized carbons (Fsp3) is 0.0233. The molecule has 1 N–H and O–H groups in total.